The smallest absolute Gasteiger partial charge is 0.407 e. The van der Waals surface area contributed by atoms with Crippen LogP contribution in [0.4, 0.5) is 10.6 Å². The zero-order valence-electron chi connectivity index (χ0n) is 13.7. The molecule has 1 aliphatic heterocycles. The summed E-state index contributed by atoms with van der Waals surface area (Å²) < 4.78 is 5.23. The van der Waals surface area contributed by atoms with Gasteiger partial charge in [0.25, 0.3) is 0 Å². The topological polar surface area (TPSA) is 96.3 Å². The van der Waals surface area contributed by atoms with Gasteiger partial charge in [0.05, 0.1) is 6.20 Å². The minimum absolute atomic E-state index is 0.346. The summed E-state index contributed by atoms with van der Waals surface area (Å²) in [7, 11) is 0. The van der Waals surface area contributed by atoms with E-state index in [0.29, 0.717) is 19.0 Å². The molecule has 124 valence electrons. The van der Waals surface area contributed by atoms with Gasteiger partial charge in [0.15, 0.2) is 0 Å². The molecule has 0 radical (unpaired) electrons. The molecule has 0 saturated carbocycles. The third-order valence-corrected chi connectivity index (χ3v) is 3.74. The highest BCUT2D eigenvalue weighted by molar-refractivity contribution is 5.67. The van der Waals surface area contributed by atoms with Crippen molar-refractivity contribution in [2.45, 2.75) is 45.8 Å². The van der Waals surface area contributed by atoms with Gasteiger partial charge < -0.3 is 20.7 Å². The van der Waals surface area contributed by atoms with E-state index in [1.54, 1.807) is 6.20 Å². The quantitative estimate of drug-likeness (QED) is 0.768. The van der Waals surface area contributed by atoms with Crippen LogP contribution in [0, 0.1) is 5.92 Å². The maximum absolute atomic E-state index is 11.6. The third kappa shape index (κ3) is 4.62. The van der Waals surface area contributed by atoms with Gasteiger partial charge in [-0.05, 0) is 39.5 Å². The van der Waals surface area contributed by atoms with E-state index in [-0.39, 0.29) is 6.09 Å². The molecule has 1 unspecified atom stereocenters. The molecular formula is C15H27N5O2. The van der Waals surface area contributed by atoms with Crippen LogP contribution in [0.3, 0.4) is 0 Å². The number of alkyl carbamates (subject to hydrolysis) is 1. The summed E-state index contributed by atoms with van der Waals surface area (Å²) in [5.74, 6) is 1.59. The van der Waals surface area contributed by atoms with Gasteiger partial charge in [-0.2, -0.15) is 5.10 Å². The molecule has 2 heterocycles. The summed E-state index contributed by atoms with van der Waals surface area (Å²) in [6.07, 6.45) is 3.49. The standard InChI is InChI=1S/C15H27N5O2/c1-15(2,3)22-14(21)17-6-4-11-5-7-20(10-11)13-12(8-16)9-18-19-13/h9,11H,4-8,10,16H2,1-3H3,(H,17,21)(H,18,19). The first kappa shape index (κ1) is 16.6. The fourth-order valence-corrected chi connectivity index (χ4v) is 2.69. The Balaban J connectivity index is 1.72. The number of amides is 1. The highest BCUT2D eigenvalue weighted by Crippen LogP contribution is 2.26. The molecule has 0 aliphatic carbocycles. The van der Waals surface area contributed by atoms with Crippen LogP contribution in [-0.4, -0.2) is 41.5 Å². The van der Waals surface area contributed by atoms with Crippen molar-refractivity contribution >= 4 is 11.9 Å². The lowest BCUT2D eigenvalue weighted by molar-refractivity contribution is 0.0525. The number of nitrogens with one attached hydrogen (secondary N) is 2. The molecular weight excluding hydrogens is 282 g/mol. The molecule has 1 aromatic rings. The molecule has 1 aliphatic rings. The van der Waals surface area contributed by atoms with Crippen LogP contribution in [0.2, 0.25) is 0 Å². The Hall–Kier alpha value is -1.76. The molecule has 7 heteroatoms. The predicted molar refractivity (Wildman–Crippen MR) is 85.7 cm³/mol. The van der Waals surface area contributed by atoms with Gasteiger partial charge in [0.2, 0.25) is 0 Å². The zero-order valence-corrected chi connectivity index (χ0v) is 13.7. The average Bonchev–Trinajstić information content (AvgIpc) is 3.03. The SMILES string of the molecule is CC(C)(C)OC(=O)NCCC1CCN(c2[nH]ncc2CN)C1. The number of hydrogen-bond acceptors (Lipinski definition) is 5. The van der Waals surface area contributed by atoms with Crippen molar-refractivity contribution in [3.05, 3.63) is 11.8 Å². The van der Waals surface area contributed by atoms with E-state index in [0.717, 1.165) is 37.3 Å². The summed E-state index contributed by atoms with van der Waals surface area (Å²) in [4.78, 5) is 13.9. The number of carbonyl (C=O) groups is 1. The fourth-order valence-electron chi connectivity index (χ4n) is 2.69. The van der Waals surface area contributed by atoms with Gasteiger partial charge in [0.1, 0.15) is 11.4 Å². The van der Waals surface area contributed by atoms with Crippen LogP contribution in [0.25, 0.3) is 0 Å². The minimum atomic E-state index is -0.451. The molecule has 1 amide bonds. The Labute approximate surface area is 131 Å². The van der Waals surface area contributed by atoms with Crippen LogP contribution >= 0.6 is 0 Å². The van der Waals surface area contributed by atoms with Crippen molar-refractivity contribution in [2.75, 3.05) is 24.5 Å². The second-order valence-electron chi connectivity index (χ2n) is 6.77. The average molecular weight is 309 g/mol. The molecule has 0 aromatic carbocycles. The lowest BCUT2D eigenvalue weighted by Gasteiger charge is -2.20. The van der Waals surface area contributed by atoms with Crippen LogP contribution in [0.15, 0.2) is 6.20 Å². The Morgan fingerprint density at radius 3 is 3.05 bits per heavy atom. The lowest BCUT2D eigenvalue weighted by Crippen LogP contribution is -2.33. The highest BCUT2D eigenvalue weighted by atomic mass is 16.6. The number of anilines is 1. The number of rotatable bonds is 5. The maximum atomic E-state index is 11.6. The van der Waals surface area contributed by atoms with E-state index in [4.69, 9.17) is 10.5 Å². The van der Waals surface area contributed by atoms with Gasteiger partial charge in [-0.3, -0.25) is 5.10 Å². The molecule has 1 aromatic heterocycles. The van der Waals surface area contributed by atoms with Crippen LogP contribution in [-0.2, 0) is 11.3 Å². The number of nitrogens with two attached hydrogens (primary N) is 1. The minimum Gasteiger partial charge on any atom is -0.444 e. The predicted octanol–water partition coefficient (Wildman–Crippen LogP) is 1.61. The van der Waals surface area contributed by atoms with Gasteiger partial charge in [-0.15, -0.1) is 0 Å². The monoisotopic (exact) mass is 309 g/mol. The third-order valence-electron chi connectivity index (χ3n) is 3.74. The second kappa shape index (κ2) is 7.00. The van der Waals surface area contributed by atoms with Crippen molar-refractivity contribution in [1.29, 1.82) is 0 Å². The van der Waals surface area contributed by atoms with Gasteiger partial charge in [0, 0.05) is 31.7 Å². The van der Waals surface area contributed by atoms with E-state index in [9.17, 15) is 4.79 Å². The van der Waals surface area contributed by atoms with Crippen molar-refractivity contribution in [3.8, 4) is 0 Å². The fraction of sp³-hybridized carbons (Fsp3) is 0.733. The largest absolute Gasteiger partial charge is 0.444 e. The molecule has 1 fully saturated rings. The molecule has 22 heavy (non-hydrogen) atoms. The molecule has 1 saturated heterocycles. The van der Waals surface area contributed by atoms with Crippen LogP contribution in [0.5, 0.6) is 0 Å². The Kier molecular flexibility index (Phi) is 5.28. The van der Waals surface area contributed by atoms with Gasteiger partial charge in [-0.25, -0.2) is 4.79 Å². The van der Waals surface area contributed by atoms with E-state index in [1.165, 1.54) is 0 Å². The number of aromatic nitrogens is 2. The number of H-pyrrole nitrogens is 1. The summed E-state index contributed by atoms with van der Waals surface area (Å²) in [5.41, 5.74) is 6.31. The first-order valence-electron chi connectivity index (χ1n) is 7.83. The summed E-state index contributed by atoms with van der Waals surface area (Å²) >= 11 is 0. The summed E-state index contributed by atoms with van der Waals surface area (Å²) in [6.45, 7) is 8.67. The molecule has 7 nitrogen and oxygen atoms in total. The first-order chi connectivity index (χ1) is 10.4. The molecule has 0 spiro atoms. The second-order valence-corrected chi connectivity index (χ2v) is 6.77. The lowest BCUT2D eigenvalue weighted by atomic mass is 10.1. The van der Waals surface area contributed by atoms with E-state index in [1.807, 2.05) is 20.8 Å². The van der Waals surface area contributed by atoms with E-state index in [2.05, 4.69) is 20.4 Å². The number of hydrogen-bond donors (Lipinski definition) is 3. The normalized spacial score (nSPS) is 18.5. The van der Waals surface area contributed by atoms with E-state index >= 15 is 0 Å². The summed E-state index contributed by atoms with van der Waals surface area (Å²) in [5, 5.41) is 9.91. The van der Waals surface area contributed by atoms with Crippen molar-refractivity contribution in [1.82, 2.24) is 15.5 Å². The van der Waals surface area contributed by atoms with E-state index < -0.39 is 5.60 Å². The molecule has 0 bridgehead atoms. The molecule has 1 atom stereocenters. The summed E-state index contributed by atoms with van der Waals surface area (Å²) in [6, 6.07) is 0. The molecule has 2 rings (SSSR count). The first-order valence-corrected chi connectivity index (χ1v) is 7.83. The van der Waals surface area contributed by atoms with Crippen LogP contribution < -0.4 is 16.0 Å². The van der Waals surface area contributed by atoms with Crippen molar-refractivity contribution < 1.29 is 9.53 Å². The number of carbonyl (C=O) groups excluding carboxylic acids is 1. The number of aromatic amines is 1. The number of ether oxygens (including phenoxy) is 1. The zero-order chi connectivity index (χ0) is 16.2. The van der Waals surface area contributed by atoms with Gasteiger partial charge >= 0.3 is 6.09 Å². The van der Waals surface area contributed by atoms with Crippen molar-refractivity contribution in [2.24, 2.45) is 11.7 Å². The van der Waals surface area contributed by atoms with Crippen LogP contribution in [0.1, 0.15) is 39.2 Å². The highest BCUT2D eigenvalue weighted by Gasteiger charge is 2.25. The maximum Gasteiger partial charge on any atom is 0.407 e. The number of nitrogens with zero attached hydrogens (tertiary/aromatic N) is 2. The van der Waals surface area contributed by atoms with Crippen molar-refractivity contribution in [3.63, 3.8) is 0 Å². The van der Waals surface area contributed by atoms with Gasteiger partial charge in [-0.1, -0.05) is 0 Å². The Morgan fingerprint density at radius 2 is 2.36 bits per heavy atom. The Morgan fingerprint density at radius 1 is 1.59 bits per heavy atom. The molecule has 4 N–H and O–H groups in total. The Bertz CT molecular complexity index is 494.